The van der Waals surface area contributed by atoms with Crippen molar-refractivity contribution in [2.24, 2.45) is 0 Å². The molecule has 0 aromatic heterocycles. The van der Waals surface area contributed by atoms with Crippen LogP contribution in [0.5, 0.6) is 0 Å². The van der Waals surface area contributed by atoms with Crippen LogP contribution in [0.4, 0.5) is 11.4 Å². The van der Waals surface area contributed by atoms with Gasteiger partial charge in [0.2, 0.25) is 11.8 Å². The summed E-state index contributed by atoms with van der Waals surface area (Å²) in [6.45, 7) is 1.89. The quantitative estimate of drug-likeness (QED) is 0.383. The van der Waals surface area contributed by atoms with Crippen molar-refractivity contribution in [3.63, 3.8) is 0 Å². The summed E-state index contributed by atoms with van der Waals surface area (Å²) < 4.78 is 0. The smallest absolute Gasteiger partial charge is 0.328 e. The zero-order chi connectivity index (χ0) is 21.4. The first-order chi connectivity index (χ1) is 13.8. The van der Waals surface area contributed by atoms with Crippen LogP contribution in [0.2, 0.25) is 10.0 Å². The minimum absolute atomic E-state index is 0.208. The Morgan fingerprint density at radius 3 is 2.52 bits per heavy atom. The highest BCUT2D eigenvalue weighted by Gasteiger charge is 2.19. The number of thioether (sulfide) groups is 1. The maximum absolute atomic E-state index is 12.6. The average molecular weight is 453 g/mol. The van der Waals surface area contributed by atoms with Crippen LogP contribution in [0.3, 0.4) is 0 Å². The van der Waals surface area contributed by atoms with E-state index >= 15 is 0 Å². The highest BCUT2D eigenvalue weighted by molar-refractivity contribution is 8.00. The van der Waals surface area contributed by atoms with Gasteiger partial charge in [0.25, 0.3) is 0 Å². The molecule has 2 rings (SSSR count). The number of amides is 2. The molecule has 2 amide bonds. The molecule has 0 fully saturated rings. The summed E-state index contributed by atoms with van der Waals surface area (Å²) >= 11 is 13.3. The lowest BCUT2D eigenvalue weighted by Gasteiger charge is -2.16. The van der Waals surface area contributed by atoms with Crippen molar-refractivity contribution < 1.29 is 19.5 Å². The van der Waals surface area contributed by atoms with E-state index in [-0.39, 0.29) is 11.2 Å². The second kappa shape index (κ2) is 10.9. The van der Waals surface area contributed by atoms with Gasteiger partial charge in [-0.15, -0.1) is 11.8 Å². The molecule has 1 atom stereocenters. The summed E-state index contributed by atoms with van der Waals surface area (Å²) in [5.41, 5.74) is 0.970. The molecule has 9 heteroatoms. The number of rotatable bonds is 8. The Hall–Kier alpha value is -2.48. The maximum Gasteiger partial charge on any atom is 0.328 e. The number of nitrogens with one attached hydrogen (secondary N) is 2. The van der Waals surface area contributed by atoms with Crippen LogP contribution in [0.1, 0.15) is 13.3 Å². The Morgan fingerprint density at radius 1 is 1.10 bits per heavy atom. The van der Waals surface area contributed by atoms with E-state index in [1.807, 2.05) is 13.0 Å². The van der Waals surface area contributed by atoms with E-state index < -0.39 is 11.9 Å². The number of anilines is 2. The van der Waals surface area contributed by atoms with Gasteiger partial charge in [-0.2, -0.15) is 0 Å². The molecule has 0 heterocycles. The van der Waals surface area contributed by atoms with Gasteiger partial charge in [-0.05, 0) is 42.8 Å². The van der Waals surface area contributed by atoms with Gasteiger partial charge in [0, 0.05) is 27.8 Å². The SMILES string of the molecule is CCC(Sc1cccc(NC(=O)/C=C/C(=O)O)c1)C(=O)Nc1ccc(Cl)cc1Cl. The molecule has 152 valence electrons. The monoisotopic (exact) mass is 452 g/mol. The first-order valence-electron chi connectivity index (χ1n) is 8.53. The minimum Gasteiger partial charge on any atom is -0.478 e. The number of carbonyl (C=O) groups excluding carboxylic acids is 2. The maximum atomic E-state index is 12.6. The van der Waals surface area contributed by atoms with E-state index in [1.54, 1.807) is 36.4 Å². The van der Waals surface area contributed by atoms with Gasteiger partial charge in [0.15, 0.2) is 0 Å². The van der Waals surface area contributed by atoms with E-state index in [0.717, 1.165) is 17.0 Å². The number of hydrogen-bond acceptors (Lipinski definition) is 4. The number of halogens is 2. The molecule has 0 spiro atoms. The number of benzene rings is 2. The Bertz CT molecular complexity index is 950. The molecule has 0 bridgehead atoms. The Morgan fingerprint density at radius 2 is 1.86 bits per heavy atom. The first kappa shape index (κ1) is 22.8. The summed E-state index contributed by atoms with van der Waals surface area (Å²) in [6, 6.07) is 11.8. The third-order valence-corrected chi connectivity index (χ3v) is 5.52. The molecule has 2 aromatic carbocycles. The number of aliphatic carboxylic acids is 1. The van der Waals surface area contributed by atoms with Crippen molar-refractivity contribution >= 4 is 64.1 Å². The van der Waals surface area contributed by atoms with Crippen LogP contribution in [0, 0.1) is 0 Å². The molecular formula is C20H18Cl2N2O4S. The van der Waals surface area contributed by atoms with E-state index in [1.165, 1.54) is 11.8 Å². The molecule has 0 aliphatic rings. The van der Waals surface area contributed by atoms with Gasteiger partial charge in [0.05, 0.1) is 16.0 Å². The van der Waals surface area contributed by atoms with Crippen molar-refractivity contribution in [3.8, 4) is 0 Å². The van der Waals surface area contributed by atoms with E-state index in [4.69, 9.17) is 28.3 Å². The van der Waals surface area contributed by atoms with Crippen molar-refractivity contribution in [3.05, 3.63) is 64.7 Å². The van der Waals surface area contributed by atoms with Crippen molar-refractivity contribution in [2.75, 3.05) is 10.6 Å². The molecule has 3 N–H and O–H groups in total. The summed E-state index contributed by atoms with van der Waals surface area (Å²) in [6.07, 6.45) is 2.26. The van der Waals surface area contributed by atoms with Crippen molar-refractivity contribution in [2.45, 2.75) is 23.5 Å². The highest BCUT2D eigenvalue weighted by Crippen LogP contribution is 2.30. The normalized spacial score (nSPS) is 11.8. The van der Waals surface area contributed by atoms with E-state index in [2.05, 4.69) is 10.6 Å². The molecular weight excluding hydrogens is 435 g/mol. The van der Waals surface area contributed by atoms with Crippen molar-refractivity contribution in [1.82, 2.24) is 0 Å². The summed E-state index contributed by atoms with van der Waals surface area (Å²) in [4.78, 5) is 35.6. The fourth-order valence-electron chi connectivity index (χ4n) is 2.27. The third kappa shape index (κ3) is 7.45. The Labute approximate surface area is 182 Å². The predicted molar refractivity (Wildman–Crippen MR) is 117 cm³/mol. The molecule has 0 aliphatic heterocycles. The van der Waals surface area contributed by atoms with Gasteiger partial charge >= 0.3 is 5.97 Å². The highest BCUT2D eigenvalue weighted by atomic mass is 35.5. The van der Waals surface area contributed by atoms with E-state index in [0.29, 0.717) is 27.8 Å². The molecule has 6 nitrogen and oxygen atoms in total. The number of hydrogen-bond donors (Lipinski definition) is 3. The van der Waals surface area contributed by atoms with Crippen molar-refractivity contribution in [1.29, 1.82) is 0 Å². The Kier molecular flexibility index (Phi) is 8.57. The minimum atomic E-state index is -1.21. The van der Waals surface area contributed by atoms with Gasteiger partial charge in [-0.3, -0.25) is 9.59 Å². The lowest BCUT2D eigenvalue weighted by molar-refractivity contribution is -0.131. The van der Waals surface area contributed by atoms with Gasteiger partial charge in [-0.25, -0.2) is 4.79 Å². The van der Waals surface area contributed by atoms with Crippen LogP contribution in [0.15, 0.2) is 59.5 Å². The van der Waals surface area contributed by atoms with Gasteiger partial charge in [-0.1, -0.05) is 36.2 Å². The second-order valence-corrected chi connectivity index (χ2v) is 7.94. The fourth-order valence-corrected chi connectivity index (χ4v) is 3.74. The van der Waals surface area contributed by atoms with Gasteiger partial charge < -0.3 is 15.7 Å². The summed E-state index contributed by atoms with van der Waals surface area (Å²) in [5.74, 6) is -1.97. The summed E-state index contributed by atoms with van der Waals surface area (Å²) in [5, 5.41) is 14.4. The predicted octanol–water partition coefficient (Wildman–Crippen LogP) is 5.08. The van der Waals surface area contributed by atoms with Crippen LogP contribution < -0.4 is 10.6 Å². The standard InChI is InChI=1S/C20H18Cl2N2O4S/c1-2-17(20(28)24-16-7-6-12(21)10-15(16)22)29-14-5-3-4-13(11-14)23-18(25)8-9-19(26)27/h3-11,17H,2H2,1H3,(H,23,25)(H,24,28)(H,26,27)/b9-8+. The molecule has 0 radical (unpaired) electrons. The first-order valence-corrected chi connectivity index (χ1v) is 10.2. The molecule has 2 aromatic rings. The molecule has 1 unspecified atom stereocenters. The Balaban J connectivity index is 2.05. The average Bonchev–Trinajstić information content (AvgIpc) is 2.67. The molecule has 0 saturated carbocycles. The van der Waals surface area contributed by atoms with Crippen LogP contribution in [-0.4, -0.2) is 28.1 Å². The van der Waals surface area contributed by atoms with Crippen LogP contribution in [0.25, 0.3) is 0 Å². The second-order valence-electron chi connectivity index (χ2n) is 5.82. The molecule has 0 saturated heterocycles. The summed E-state index contributed by atoms with van der Waals surface area (Å²) in [7, 11) is 0. The van der Waals surface area contributed by atoms with E-state index in [9.17, 15) is 14.4 Å². The number of carboxylic acids is 1. The lowest BCUT2D eigenvalue weighted by atomic mass is 10.2. The lowest BCUT2D eigenvalue weighted by Crippen LogP contribution is -2.24. The topological polar surface area (TPSA) is 95.5 Å². The largest absolute Gasteiger partial charge is 0.478 e. The molecule has 29 heavy (non-hydrogen) atoms. The van der Waals surface area contributed by atoms with Crippen LogP contribution >= 0.6 is 35.0 Å². The zero-order valence-corrected chi connectivity index (χ0v) is 17.6. The molecule has 0 aliphatic carbocycles. The number of carbonyl (C=O) groups is 3. The number of carboxylic acid groups (broad SMARTS) is 1. The zero-order valence-electron chi connectivity index (χ0n) is 15.3. The van der Waals surface area contributed by atoms with Crippen LogP contribution in [-0.2, 0) is 14.4 Å². The third-order valence-electron chi connectivity index (χ3n) is 3.61. The fraction of sp³-hybridized carbons (Fsp3) is 0.150. The van der Waals surface area contributed by atoms with Gasteiger partial charge in [0.1, 0.15) is 0 Å².